The van der Waals surface area contributed by atoms with E-state index in [4.69, 9.17) is 10.2 Å². The Morgan fingerprint density at radius 3 is 2.43 bits per heavy atom. The Hall–Kier alpha value is -0.210. The summed E-state index contributed by atoms with van der Waals surface area (Å²) in [7, 11) is -3.10. The average Bonchev–Trinajstić information content (AvgIpc) is 1.92. The molecular formula is C7H16N2O4S. The average molecular weight is 224 g/mol. The molecule has 3 N–H and O–H groups in total. The first kappa shape index (κ1) is 11.9. The smallest absolute Gasteiger partial charge is 0.208 e. The van der Waals surface area contributed by atoms with Crippen molar-refractivity contribution in [2.45, 2.75) is 12.2 Å². The molecule has 1 rings (SSSR count). The molecule has 0 aromatic carbocycles. The molecule has 1 heterocycles. The number of likely N-dealkylation sites (tertiary alicyclic amines) is 1. The molecule has 1 fully saturated rings. The van der Waals surface area contributed by atoms with Gasteiger partial charge in [-0.25, -0.2) is 13.1 Å². The molecular weight excluding hydrogens is 208 g/mol. The number of sulfonamides is 1. The maximum Gasteiger partial charge on any atom is 0.208 e. The van der Waals surface area contributed by atoms with Crippen LogP contribution >= 0.6 is 0 Å². The number of β-amino-alcohol motifs (C(OH)–C–C–N with tert-alkyl or cyclic N) is 2. The van der Waals surface area contributed by atoms with Crippen LogP contribution in [0.4, 0.5) is 0 Å². The third-order valence-corrected chi connectivity index (χ3v) is 2.70. The van der Waals surface area contributed by atoms with Crippen LogP contribution in [0.15, 0.2) is 0 Å². The molecule has 1 aliphatic rings. The number of hydrogen-bond donors (Lipinski definition) is 3. The summed E-state index contributed by atoms with van der Waals surface area (Å²) in [6.45, 7) is 1.54. The van der Waals surface area contributed by atoms with Crippen molar-refractivity contribution in [3.8, 4) is 0 Å². The lowest BCUT2D eigenvalue weighted by atomic mass is 10.1. The highest BCUT2D eigenvalue weighted by Crippen LogP contribution is 2.16. The van der Waals surface area contributed by atoms with Crippen LogP contribution in [-0.2, 0) is 10.0 Å². The third-order valence-electron chi connectivity index (χ3n) is 1.97. The van der Waals surface area contributed by atoms with Gasteiger partial charge in [-0.15, -0.1) is 0 Å². The molecule has 14 heavy (non-hydrogen) atoms. The monoisotopic (exact) mass is 224 g/mol. The minimum Gasteiger partial charge on any atom is -0.364 e. The first-order valence-corrected chi connectivity index (χ1v) is 6.29. The lowest BCUT2D eigenvalue weighted by Crippen LogP contribution is -2.61. The second kappa shape index (κ2) is 4.11. The Bertz CT molecular complexity index is 280. The van der Waals surface area contributed by atoms with Gasteiger partial charge >= 0.3 is 0 Å². The van der Waals surface area contributed by atoms with Crippen molar-refractivity contribution in [3.63, 3.8) is 0 Å². The van der Waals surface area contributed by atoms with Gasteiger partial charge in [0.2, 0.25) is 10.0 Å². The number of hydrogen-bond acceptors (Lipinski definition) is 5. The van der Waals surface area contributed by atoms with Crippen LogP contribution in [0.1, 0.15) is 6.42 Å². The Morgan fingerprint density at radius 2 is 2.00 bits per heavy atom. The second-order valence-electron chi connectivity index (χ2n) is 3.71. The Kier molecular flexibility index (Phi) is 3.49. The van der Waals surface area contributed by atoms with Crippen LogP contribution in [-0.4, -0.2) is 61.8 Å². The van der Waals surface area contributed by atoms with Crippen molar-refractivity contribution in [1.29, 1.82) is 0 Å². The van der Waals surface area contributed by atoms with Crippen LogP contribution in [0, 0.1) is 0 Å². The largest absolute Gasteiger partial charge is 0.364 e. The molecule has 0 aliphatic carbocycles. The zero-order chi connectivity index (χ0) is 10.8. The molecule has 0 atom stereocenters. The van der Waals surface area contributed by atoms with Crippen molar-refractivity contribution < 1.29 is 18.6 Å². The van der Waals surface area contributed by atoms with Crippen molar-refractivity contribution in [3.05, 3.63) is 0 Å². The predicted octanol–water partition coefficient (Wildman–Crippen LogP) is -2.08. The quantitative estimate of drug-likeness (QED) is 0.368. The van der Waals surface area contributed by atoms with E-state index in [1.807, 2.05) is 4.90 Å². The molecule has 0 radical (unpaired) electrons. The van der Waals surface area contributed by atoms with Crippen molar-refractivity contribution in [2.24, 2.45) is 0 Å². The lowest BCUT2D eigenvalue weighted by Gasteiger charge is -2.42. The van der Waals surface area contributed by atoms with E-state index in [1.54, 1.807) is 0 Å². The topological polar surface area (TPSA) is 89.9 Å². The molecule has 0 amide bonds. The fraction of sp³-hybridized carbons (Fsp3) is 1.00. The van der Waals surface area contributed by atoms with Crippen molar-refractivity contribution >= 4 is 10.0 Å². The zero-order valence-corrected chi connectivity index (χ0v) is 8.92. The maximum absolute atomic E-state index is 10.7. The van der Waals surface area contributed by atoms with Gasteiger partial charge in [-0.2, -0.15) is 0 Å². The summed E-state index contributed by atoms with van der Waals surface area (Å²) in [5, 5.41) is 17.9. The van der Waals surface area contributed by atoms with E-state index in [0.29, 0.717) is 19.5 Å². The van der Waals surface area contributed by atoms with E-state index < -0.39 is 15.8 Å². The van der Waals surface area contributed by atoms with Crippen LogP contribution < -0.4 is 4.72 Å². The summed E-state index contributed by atoms with van der Waals surface area (Å²) < 4.78 is 23.7. The summed E-state index contributed by atoms with van der Waals surface area (Å²) in [4.78, 5) is 1.85. The second-order valence-corrected chi connectivity index (χ2v) is 5.55. The van der Waals surface area contributed by atoms with E-state index in [1.165, 1.54) is 0 Å². The van der Waals surface area contributed by atoms with Gasteiger partial charge in [-0.3, -0.25) is 4.90 Å². The molecule has 7 heteroatoms. The van der Waals surface area contributed by atoms with E-state index in [0.717, 1.165) is 6.26 Å². The molecule has 0 saturated carbocycles. The fourth-order valence-electron chi connectivity index (χ4n) is 1.39. The van der Waals surface area contributed by atoms with Gasteiger partial charge in [0.05, 0.1) is 19.3 Å². The van der Waals surface area contributed by atoms with E-state index >= 15 is 0 Å². The maximum atomic E-state index is 10.7. The highest BCUT2D eigenvalue weighted by Gasteiger charge is 2.38. The van der Waals surface area contributed by atoms with E-state index in [2.05, 4.69) is 4.72 Å². The van der Waals surface area contributed by atoms with Gasteiger partial charge < -0.3 is 10.2 Å². The zero-order valence-electron chi connectivity index (χ0n) is 8.10. The Morgan fingerprint density at radius 1 is 1.43 bits per heavy atom. The third kappa shape index (κ3) is 4.34. The summed E-state index contributed by atoms with van der Waals surface area (Å²) in [5.74, 6) is -1.54. The number of aliphatic hydroxyl groups is 2. The first-order chi connectivity index (χ1) is 6.29. The fourth-order valence-corrected chi connectivity index (χ4v) is 1.90. The summed E-state index contributed by atoms with van der Waals surface area (Å²) in [5.41, 5.74) is 0. The molecule has 0 aromatic rings. The minimum atomic E-state index is -3.10. The number of nitrogens with zero attached hydrogens (tertiary/aromatic N) is 1. The van der Waals surface area contributed by atoms with Gasteiger partial charge in [0.15, 0.2) is 5.79 Å². The highest BCUT2D eigenvalue weighted by atomic mass is 32.2. The van der Waals surface area contributed by atoms with Crippen LogP contribution in [0.2, 0.25) is 0 Å². The Balaban J connectivity index is 2.02. The van der Waals surface area contributed by atoms with Gasteiger partial charge in [-0.05, 0) is 13.0 Å². The normalized spacial score (nSPS) is 21.9. The Labute approximate surface area is 83.6 Å². The van der Waals surface area contributed by atoms with Crippen LogP contribution in [0.25, 0.3) is 0 Å². The molecule has 0 bridgehead atoms. The van der Waals surface area contributed by atoms with Crippen molar-refractivity contribution in [1.82, 2.24) is 9.62 Å². The molecule has 0 unspecified atom stereocenters. The standard InChI is InChI=1S/C7H16N2O4S/c1-14(12,13)8-3-2-4-9-5-7(10,11)6-9/h8,10-11H,2-6H2,1H3. The molecule has 6 nitrogen and oxygen atoms in total. The van der Waals surface area contributed by atoms with Gasteiger partial charge in [0.1, 0.15) is 0 Å². The SMILES string of the molecule is CS(=O)(=O)NCCCN1CC(O)(O)C1. The van der Waals surface area contributed by atoms with Gasteiger partial charge in [0.25, 0.3) is 0 Å². The molecule has 1 aliphatic heterocycles. The first-order valence-electron chi connectivity index (χ1n) is 4.40. The summed E-state index contributed by atoms with van der Waals surface area (Å²) >= 11 is 0. The van der Waals surface area contributed by atoms with Crippen LogP contribution in [0.3, 0.4) is 0 Å². The summed E-state index contributed by atoms with van der Waals surface area (Å²) in [6, 6.07) is 0. The van der Waals surface area contributed by atoms with Crippen LogP contribution in [0.5, 0.6) is 0 Å². The summed E-state index contributed by atoms with van der Waals surface area (Å²) in [6.07, 6.45) is 1.78. The lowest BCUT2D eigenvalue weighted by molar-refractivity contribution is -0.242. The predicted molar refractivity (Wildman–Crippen MR) is 51.1 cm³/mol. The molecule has 0 aromatic heterocycles. The number of nitrogens with one attached hydrogen (secondary N) is 1. The van der Waals surface area contributed by atoms with Gasteiger partial charge in [0, 0.05) is 6.54 Å². The molecule has 0 spiro atoms. The van der Waals surface area contributed by atoms with E-state index in [-0.39, 0.29) is 13.1 Å². The van der Waals surface area contributed by atoms with E-state index in [9.17, 15) is 8.42 Å². The van der Waals surface area contributed by atoms with Gasteiger partial charge in [-0.1, -0.05) is 0 Å². The molecule has 1 saturated heterocycles. The van der Waals surface area contributed by atoms with Crippen molar-refractivity contribution in [2.75, 3.05) is 32.4 Å². The number of rotatable bonds is 5. The minimum absolute atomic E-state index is 0.242. The highest BCUT2D eigenvalue weighted by molar-refractivity contribution is 7.88. The molecule has 84 valence electrons.